The summed E-state index contributed by atoms with van der Waals surface area (Å²) in [6, 6.07) is 2.22. The highest BCUT2D eigenvalue weighted by atomic mass is 16.2. The fraction of sp³-hybridized carbons (Fsp3) is 0.550. The highest BCUT2D eigenvalue weighted by Crippen LogP contribution is 2.18. The summed E-state index contributed by atoms with van der Waals surface area (Å²) in [5, 5.41) is 3.20. The summed E-state index contributed by atoms with van der Waals surface area (Å²) in [6.07, 6.45) is 12.8. The average Bonchev–Trinajstić information content (AvgIpc) is 2.76. The smallest absolute Gasteiger partial charge is 0.234 e. The Morgan fingerprint density at radius 3 is 2.57 bits per heavy atom. The summed E-state index contributed by atoms with van der Waals surface area (Å²) in [7, 11) is 0. The average molecular weight is 381 g/mol. The molecule has 0 unspecified atom stereocenters. The first-order chi connectivity index (χ1) is 13.8. The van der Waals surface area contributed by atoms with Gasteiger partial charge in [0.15, 0.2) is 0 Å². The quantitative estimate of drug-likeness (QED) is 0.840. The predicted octanol–water partition coefficient (Wildman–Crippen LogP) is 1.50. The lowest BCUT2D eigenvalue weighted by molar-refractivity contribution is -0.123. The Bertz CT molecular complexity index is 771. The van der Waals surface area contributed by atoms with E-state index < -0.39 is 0 Å². The fourth-order valence-corrected chi connectivity index (χ4v) is 3.90. The lowest BCUT2D eigenvalue weighted by Gasteiger charge is -2.34. The summed E-state index contributed by atoms with van der Waals surface area (Å²) in [5.41, 5.74) is 1.51. The maximum Gasteiger partial charge on any atom is 0.234 e. The van der Waals surface area contributed by atoms with Crippen LogP contribution in [0.1, 0.15) is 32.1 Å². The molecule has 0 bridgehead atoms. The molecule has 1 N–H and O–H groups in total. The number of carbonyl (C=O) groups excluding carboxylic acids is 1. The molecule has 1 saturated carbocycles. The third-order valence-electron chi connectivity index (χ3n) is 5.46. The Balaban J connectivity index is 1.29. The molecule has 1 aliphatic heterocycles. The third kappa shape index (κ3) is 4.81. The number of hydrogen-bond acceptors (Lipinski definition) is 7. The van der Waals surface area contributed by atoms with Crippen molar-refractivity contribution in [2.75, 3.05) is 37.6 Å². The van der Waals surface area contributed by atoms with Gasteiger partial charge in [0.25, 0.3) is 0 Å². The number of aromatic nitrogens is 4. The maximum absolute atomic E-state index is 12.3. The van der Waals surface area contributed by atoms with Crippen molar-refractivity contribution in [3.05, 3.63) is 30.9 Å². The second kappa shape index (κ2) is 9.05. The van der Waals surface area contributed by atoms with Crippen molar-refractivity contribution >= 4 is 11.9 Å². The van der Waals surface area contributed by atoms with Crippen LogP contribution in [0.5, 0.6) is 0 Å². The van der Waals surface area contributed by atoms with E-state index in [-0.39, 0.29) is 5.91 Å². The highest BCUT2D eigenvalue weighted by molar-refractivity contribution is 5.78. The molecule has 0 radical (unpaired) electrons. The van der Waals surface area contributed by atoms with Gasteiger partial charge in [0, 0.05) is 50.8 Å². The molecular weight excluding hydrogens is 354 g/mol. The molecular formula is C20H27N7O. The normalized spacial score (nSPS) is 18.8. The van der Waals surface area contributed by atoms with E-state index >= 15 is 0 Å². The predicted molar refractivity (Wildman–Crippen MR) is 107 cm³/mol. The Hall–Kier alpha value is -2.61. The highest BCUT2D eigenvalue weighted by Gasteiger charge is 2.22. The van der Waals surface area contributed by atoms with E-state index in [1.165, 1.54) is 19.3 Å². The number of rotatable bonds is 5. The molecule has 0 spiro atoms. The number of piperazine rings is 1. The largest absolute Gasteiger partial charge is 0.352 e. The Morgan fingerprint density at radius 1 is 1.00 bits per heavy atom. The van der Waals surface area contributed by atoms with Gasteiger partial charge in [-0.2, -0.15) is 0 Å². The van der Waals surface area contributed by atoms with Crippen molar-refractivity contribution < 1.29 is 4.79 Å². The third-order valence-corrected chi connectivity index (χ3v) is 5.46. The van der Waals surface area contributed by atoms with Crippen LogP contribution in [0.2, 0.25) is 0 Å². The van der Waals surface area contributed by atoms with Gasteiger partial charge < -0.3 is 10.2 Å². The van der Waals surface area contributed by atoms with E-state index in [0.29, 0.717) is 18.5 Å². The minimum Gasteiger partial charge on any atom is -0.352 e. The van der Waals surface area contributed by atoms with E-state index in [0.717, 1.165) is 50.4 Å². The van der Waals surface area contributed by atoms with Gasteiger partial charge in [-0.3, -0.25) is 19.7 Å². The minimum atomic E-state index is 0.154. The molecule has 2 aromatic rings. The summed E-state index contributed by atoms with van der Waals surface area (Å²) in [4.78, 5) is 34.2. The SMILES string of the molecule is O=C(CN1CCN(c2nccc(-c3cnccn3)n2)CC1)NC1CCCCC1. The molecule has 148 valence electrons. The summed E-state index contributed by atoms with van der Waals surface area (Å²) >= 11 is 0. The summed E-state index contributed by atoms with van der Waals surface area (Å²) < 4.78 is 0. The van der Waals surface area contributed by atoms with Crippen molar-refractivity contribution in [1.29, 1.82) is 0 Å². The second-order valence-corrected chi connectivity index (χ2v) is 7.50. The van der Waals surface area contributed by atoms with Gasteiger partial charge >= 0.3 is 0 Å². The second-order valence-electron chi connectivity index (χ2n) is 7.50. The van der Waals surface area contributed by atoms with E-state index in [4.69, 9.17) is 0 Å². The molecule has 8 nitrogen and oxygen atoms in total. The van der Waals surface area contributed by atoms with Crippen LogP contribution in [0.4, 0.5) is 5.95 Å². The number of nitrogens with zero attached hydrogens (tertiary/aromatic N) is 6. The van der Waals surface area contributed by atoms with Gasteiger partial charge in [-0.1, -0.05) is 19.3 Å². The van der Waals surface area contributed by atoms with Crippen LogP contribution in [0, 0.1) is 0 Å². The summed E-state index contributed by atoms with van der Waals surface area (Å²) in [5.74, 6) is 0.857. The zero-order chi connectivity index (χ0) is 19.2. The minimum absolute atomic E-state index is 0.154. The molecule has 8 heteroatoms. The molecule has 4 rings (SSSR count). The maximum atomic E-state index is 12.3. The first-order valence-electron chi connectivity index (χ1n) is 10.1. The van der Waals surface area contributed by atoms with Crippen LogP contribution in [0.3, 0.4) is 0 Å². The van der Waals surface area contributed by atoms with Gasteiger partial charge in [-0.25, -0.2) is 9.97 Å². The van der Waals surface area contributed by atoms with Gasteiger partial charge in [0.1, 0.15) is 5.69 Å². The van der Waals surface area contributed by atoms with Crippen molar-refractivity contribution in [1.82, 2.24) is 30.2 Å². The molecule has 1 saturated heterocycles. The first kappa shape index (κ1) is 18.7. The van der Waals surface area contributed by atoms with E-state index in [1.54, 1.807) is 24.8 Å². The molecule has 1 aliphatic carbocycles. The van der Waals surface area contributed by atoms with Gasteiger partial charge in [0.05, 0.1) is 18.4 Å². The van der Waals surface area contributed by atoms with E-state index in [2.05, 4.69) is 35.1 Å². The Morgan fingerprint density at radius 2 is 1.82 bits per heavy atom. The summed E-state index contributed by atoms with van der Waals surface area (Å²) in [6.45, 7) is 3.75. The van der Waals surface area contributed by atoms with Crippen molar-refractivity contribution in [3.63, 3.8) is 0 Å². The van der Waals surface area contributed by atoms with Crippen LogP contribution in [-0.2, 0) is 4.79 Å². The molecule has 2 fully saturated rings. The molecule has 1 amide bonds. The van der Waals surface area contributed by atoms with Gasteiger partial charge in [-0.15, -0.1) is 0 Å². The van der Waals surface area contributed by atoms with Crippen LogP contribution in [-0.4, -0.2) is 69.5 Å². The van der Waals surface area contributed by atoms with E-state index in [1.807, 2.05) is 6.07 Å². The van der Waals surface area contributed by atoms with Crippen LogP contribution >= 0.6 is 0 Å². The number of carbonyl (C=O) groups is 1. The monoisotopic (exact) mass is 381 g/mol. The van der Waals surface area contributed by atoms with Crippen molar-refractivity contribution in [2.24, 2.45) is 0 Å². The number of hydrogen-bond donors (Lipinski definition) is 1. The molecule has 28 heavy (non-hydrogen) atoms. The fourth-order valence-electron chi connectivity index (χ4n) is 3.90. The molecule has 0 aromatic carbocycles. The Kier molecular flexibility index (Phi) is 6.06. The zero-order valence-corrected chi connectivity index (χ0v) is 16.1. The topological polar surface area (TPSA) is 87.1 Å². The number of amides is 1. The van der Waals surface area contributed by atoms with E-state index in [9.17, 15) is 4.79 Å². The molecule has 3 heterocycles. The zero-order valence-electron chi connectivity index (χ0n) is 16.1. The number of anilines is 1. The first-order valence-corrected chi connectivity index (χ1v) is 10.1. The lowest BCUT2D eigenvalue weighted by Crippen LogP contribution is -2.51. The number of nitrogens with one attached hydrogen (secondary N) is 1. The van der Waals surface area contributed by atoms with Crippen LogP contribution < -0.4 is 10.2 Å². The Labute approximate surface area is 165 Å². The van der Waals surface area contributed by atoms with Crippen LogP contribution in [0.15, 0.2) is 30.9 Å². The standard InChI is InChI=1S/C20H27N7O/c28-19(24-16-4-2-1-3-5-16)15-26-10-12-27(13-11-26)20-23-7-6-17(25-20)18-14-21-8-9-22-18/h6-9,14,16H,1-5,10-13,15H2,(H,24,28). The molecule has 2 aromatic heterocycles. The van der Waals surface area contributed by atoms with Gasteiger partial charge in [0.2, 0.25) is 11.9 Å². The van der Waals surface area contributed by atoms with Crippen molar-refractivity contribution in [3.8, 4) is 11.4 Å². The van der Waals surface area contributed by atoms with Gasteiger partial charge in [-0.05, 0) is 18.9 Å². The van der Waals surface area contributed by atoms with Crippen LogP contribution in [0.25, 0.3) is 11.4 Å². The lowest BCUT2D eigenvalue weighted by atomic mass is 9.95. The molecule has 2 aliphatic rings. The van der Waals surface area contributed by atoms with Crippen molar-refractivity contribution in [2.45, 2.75) is 38.1 Å². The molecule has 0 atom stereocenters.